The van der Waals surface area contributed by atoms with Crippen LogP contribution in [0, 0.1) is 0 Å². The predicted molar refractivity (Wildman–Crippen MR) is 91.2 cm³/mol. The first-order valence-corrected chi connectivity index (χ1v) is 7.55. The number of rotatable bonds is 5. The highest BCUT2D eigenvalue weighted by atomic mass is 16.6. The number of nitrogens with one attached hydrogen (secondary N) is 2. The standard InChI is InChI=1S/C17H22N2O6/c1-10(20)18-13-6-12(7-14(8-13)19-11(2)21)16(23)24-9-15(22)25-17(3,4)5/h6-8H,9H2,1-5H3,(H,18,20)(H,19,21). The second kappa shape index (κ2) is 8.27. The quantitative estimate of drug-likeness (QED) is 0.787. The first kappa shape index (κ1) is 20.1. The maximum atomic E-state index is 12.1. The van der Waals surface area contributed by atoms with Crippen molar-refractivity contribution < 1.29 is 28.7 Å². The average molecular weight is 350 g/mol. The van der Waals surface area contributed by atoms with E-state index in [2.05, 4.69) is 10.6 Å². The van der Waals surface area contributed by atoms with Crippen LogP contribution >= 0.6 is 0 Å². The third-order valence-corrected chi connectivity index (χ3v) is 2.55. The predicted octanol–water partition coefficient (Wildman–Crippen LogP) is 2.10. The molecule has 0 aromatic heterocycles. The van der Waals surface area contributed by atoms with Crippen molar-refractivity contribution in [2.45, 2.75) is 40.2 Å². The van der Waals surface area contributed by atoms with Crippen LogP contribution in [-0.4, -0.2) is 36.0 Å². The summed E-state index contributed by atoms with van der Waals surface area (Å²) in [4.78, 5) is 46.1. The first-order valence-electron chi connectivity index (χ1n) is 7.55. The van der Waals surface area contributed by atoms with Crippen molar-refractivity contribution in [1.29, 1.82) is 0 Å². The van der Waals surface area contributed by atoms with Gasteiger partial charge in [-0.1, -0.05) is 0 Å². The molecule has 0 aliphatic rings. The molecule has 0 atom stereocenters. The number of ether oxygens (including phenoxy) is 2. The van der Waals surface area contributed by atoms with Gasteiger partial charge in [0.2, 0.25) is 11.8 Å². The van der Waals surface area contributed by atoms with Crippen molar-refractivity contribution in [3.63, 3.8) is 0 Å². The molecule has 0 aliphatic carbocycles. The van der Waals surface area contributed by atoms with Gasteiger partial charge in [0, 0.05) is 25.2 Å². The Labute approximate surface area is 145 Å². The lowest BCUT2D eigenvalue weighted by Gasteiger charge is -2.19. The van der Waals surface area contributed by atoms with Gasteiger partial charge >= 0.3 is 11.9 Å². The van der Waals surface area contributed by atoms with Crippen molar-refractivity contribution in [3.05, 3.63) is 23.8 Å². The van der Waals surface area contributed by atoms with Crippen LogP contribution in [-0.2, 0) is 23.9 Å². The van der Waals surface area contributed by atoms with E-state index >= 15 is 0 Å². The van der Waals surface area contributed by atoms with Gasteiger partial charge in [-0.3, -0.25) is 9.59 Å². The summed E-state index contributed by atoms with van der Waals surface area (Å²) in [6, 6.07) is 4.25. The van der Waals surface area contributed by atoms with Crippen molar-refractivity contribution >= 4 is 35.1 Å². The lowest BCUT2D eigenvalue weighted by atomic mass is 10.1. The molecular formula is C17H22N2O6. The Kier molecular flexibility index (Phi) is 6.67. The van der Waals surface area contributed by atoms with Crippen LogP contribution < -0.4 is 10.6 Å². The molecule has 136 valence electrons. The van der Waals surface area contributed by atoms with Crippen LogP contribution in [0.3, 0.4) is 0 Å². The smallest absolute Gasteiger partial charge is 0.344 e. The Morgan fingerprint density at radius 3 is 1.80 bits per heavy atom. The zero-order valence-electron chi connectivity index (χ0n) is 14.9. The number of esters is 2. The number of amides is 2. The highest BCUT2D eigenvalue weighted by molar-refractivity contribution is 5.98. The fourth-order valence-electron chi connectivity index (χ4n) is 1.88. The molecule has 0 saturated carbocycles. The minimum absolute atomic E-state index is 0.0681. The number of anilines is 2. The summed E-state index contributed by atoms with van der Waals surface area (Å²) >= 11 is 0. The Hall–Kier alpha value is -2.90. The molecular weight excluding hydrogens is 328 g/mol. The highest BCUT2D eigenvalue weighted by Crippen LogP contribution is 2.20. The lowest BCUT2D eigenvalue weighted by Crippen LogP contribution is -2.27. The third-order valence-electron chi connectivity index (χ3n) is 2.55. The fourth-order valence-corrected chi connectivity index (χ4v) is 1.88. The Balaban J connectivity index is 2.90. The summed E-state index contributed by atoms with van der Waals surface area (Å²) in [6.07, 6.45) is 0. The highest BCUT2D eigenvalue weighted by Gasteiger charge is 2.19. The average Bonchev–Trinajstić information content (AvgIpc) is 2.41. The van der Waals surface area contributed by atoms with E-state index < -0.39 is 24.1 Å². The summed E-state index contributed by atoms with van der Waals surface area (Å²) in [7, 11) is 0. The monoisotopic (exact) mass is 350 g/mol. The number of hydrogen-bond acceptors (Lipinski definition) is 6. The second-order valence-electron chi connectivity index (χ2n) is 6.32. The molecule has 8 nitrogen and oxygen atoms in total. The van der Waals surface area contributed by atoms with E-state index in [-0.39, 0.29) is 17.4 Å². The van der Waals surface area contributed by atoms with Gasteiger partial charge in [-0.2, -0.15) is 0 Å². The second-order valence-corrected chi connectivity index (χ2v) is 6.32. The summed E-state index contributed by atoms with van der Waals surface area (Å²) in [5.41, 5.74) is -0.00239. The van der Waals surface area contributed by atoms with E-state index in [1.165, 1.54) is 32.0 Å². The SMILES string of the molecule is CC(=O)Nc1cc(NC(C)=O)cc(C(=O)OCC(=O)OC(C)(C)C)c1. The van der Waals surface area contributed by atoms with E-state index in [4.69, 9.17) is 9.47 Å². The zero-order valence-corrected chi connectivity index (χ0v) is 14.9. The minimum atomic E-state index is -0.787. The largest absolute Gasteiger partial charge is 0.457 e. The van der Waals surface area contributed by atoms with Gasteiger partial charge in [-0.15, -0.1) is 0 Å². The molecule has 0 spiro atoms. The fraction of sp³-hybridized carbons (Fsp3) is 0.412. The van der Waals surface area contributed by atoms with Gasteiger partial charge in [0.1, 0.15) is 5.60 Å². The molecule has 0 aliphatic heterocycles. The Bertz CT molecular complexity index is 657. The maximum absolute atomic E-state index is 12.1. The van der Waals surface area contributed by atoms with E-state index in [0.717, 1.165) is 0 Å². The molecule has 1 aromatic rings. The lowest BCUT2D eigenvalue weighted by molar-refractivity contribution is -0.158. The van der Waals surface area contributed by atoms with Gasteiger partial charge < -0.3 is 20.1 Å². The van der Waals surface area contributed by atoms with E-state index in [1.807, 2.05) is 0 Å². The molecule has 2 N–H and O–H groups in total. The minimum Gasteiger partial charge on any atom is -0.457 e. The van der Waals surface area contributed by atoms with Crippen LogP contribution in [0.4, 0.5) is 11.4 Å². The summed E-state index contributed by atoms with van der Waals surface area (Å²) in [6.45, 7) is 7.17. The molecule has 25 heavy (non-hydrogen) atoms. The van der Waals surface area contributed by atoms with E-state index in [0.29, 0.717) is 11.4 Å². The van der Waals surface area contributed by atoms with Gasteiger partial charge in [0.15, 0.2) is 6.61 Å². The summed E-state index contributed by atoms with van der Waals surface area (Å²) in [5.74, 6) is -2.15. The maximum Gasteiger partial charge on any atom is 0.344 e. The number of carbonyl (C=O) groups excluding carboxylic acids is 4. The van der Waals surface area contributed by atoms with Crippen molar-refractivity contribution in [2.24, 2.45) is 0 Å². The van der Waals surface area contributed by atoms with Crippen LogP contribution in [0.5, 0.6) is 0 Å². The van der Waals surface area contributed by atoms with Crippen LogP contribution in [0.15, 0.2) is 18.2 Å². The van der Waals surface area contributed by atoms with Crippen molar-refractivity contribution in [1.82, 2.24) is 0 Å². The molecule has 1 aromatic carbocycles. The Morgan fingerprint density at radius 1 is 0.920 bits per heavy atom. The molecule has 0 radical (unpaired) electrons. The topological polar surface area (TPSA) is 111 Å². The Morgan fingerprint density at radius 2 is 1.40 bits per heavy atom. The third kappa shape index (κ3) is 7.96. The molecule has 1 rings (SSSR count). The zero-order chi connectivity index (χ0) is 19.2. The van der Waals surface area contributed by atoms with E-state index in [9.17, 15) is 19.2 Å². The van der Waals surface area contributed by atoms with Gasteiger partial charge in [-0.25, -0.2) is 9.59 Å². The van der Waals surface area contributed by atoms with Gasteiger partial charge in [0.05, 0.1) is 5.56 Å². The number of hydrogen-bond donors (Lipinski definition) is 2. The van der Waals surface area contributed by atoms with Crippen molar-refractivity contribution in [3.8, 4) is 0 Å². The summed E-state index contributed by atoms with van der Waals surface area (Å²) < 4.78 is 9.96. The van der Waals surface area contributed by atoms with Gasteiger partial charge in [0.25, 0.3) is 0 Å². The van der Waals surface area contributed by atoms with Crippen LogP contribution in [0.1, 0.15) is 45.0 Å². The molecule has 0 saturated heterocycles. The first-order chi connectivity index (χ1) is 11.5. The van der Waals surface area contributed by atoms with Crippen LogP contribution in [0.25, 0.3) is 0 Å². The molecule has 2 amide bonds. The molecule has 0 heterocycles. The van der Waals surface area contributed by atoms with Gasteiger partial charge in [-0.05, 0) is 39.0 Å². The molecule has 0 bridgehead atoms. The summed E-state index contributed by atoms with van der Waals surface area (Å²) in [5, 5.41) is 5.04. The number of benzene rings is 1. The molecule has 8 heteroatoms. The van der Waals surface area contributed by atoms with Crippen LogP contribution in [0.2, 0.25) is 0 Å². The molecule has 0 unspecified atom stereocenters. The van der Waals surface area contributed by atoms with Crippen molar-refractivity contribution in [2.75, 3.05) is 17.2 Å². The molecule has 0 fully saturated rings. The number of carbonyl (C=O) groups is 4. The van der Waals surface area contributed by atoms with E-state index in [1.54, 1.807) is 20.8 Å². The normalized spacial score (nSPS) is 10.6.